The Labute approximate surface area is 177 Å². The molecule has 0 atom stereocenters. The van der Waals surface area contributed by atoms with Crippen molar-refractivity contribution >= 4 is 23.4 Å². The molecule has 30 heavy (non-hydrogen) atoms. The number of amides is 1. The van der Waals surface area contributed by atoms with Crippen LogP contribution in [0, 0.1) is 0 Å². The van der Waals surface area contributed by atoms with E-state index in [2.05, 4.69) is 20.5 Å². The normalized spacial score (nSPS) is 10.6. The Hall–Kier alpha value is -3.65. The van der Waals surface area contributed by atoms with Gasteiger partial charge in [0.15, 0.2) is 6.61 Å². The second kappa shape index (κ2) is 9.23. The van der Waals surface area contributed by atoms with Gasteiger partial charge in [-0.1, -0.05) is 24.3 Å². The molecule has 0 aliphatic carbocycles. The number of pyridine rings is 1. The van der Waals surface area contributed by atoms with Gasteiger partial charge in [-0.25, -0.2) is 4.98 Å². The molecule has 1 amide bonds. The molecule has 0 spiro atoms. The fourth-order valence-corrected chi connectivity index (χ4v) is 3.29. The number of hydrogen-bond acceptors (Lipinski definition) is 7. The average molecular weight is 418 g/mol. The van der Waals surface area contributed by atoms with Crippen LogP contribution in [0.25, 0.3) is 11.5 Å². The van der Waals surface area contributed by atoms with Crippen LogP contribution >= 0.6 is 11.8 Å². The van der Waals surface area contributed by atoms with Crippen LogP contribution in [-0.2, 0) is 6.61 Å². The Bertz CT molecular complexity index is 1150. The van der Waals surface area contributed by atoms with E-state index in [4.69, 9.17) is 9.15 Å². The number of rotatable bonds is 7. The van der Waals surface area contributed by atoms with Crippen molar-refractivity contribution in [3.63, 3.8) is 0 Å². The summed E-state index contributed by atoms with van der Waals surface area (Å²) in [4.78, 5) is 16.8. The lowest BCUT2D eigenvalue weighted by Crippen LogP contribution is -2.13. The van der Waals surface area contributed by atoms with E-state index in [1.54, 1.807) is 42.6 Å². The van der Waals surface area contributed by atoms with Gasteiger partial charge in [0, 0.05) is 23.5 Å². The number of anilines is 1. The van der Waals surface area contributed by atoms with Crippen molar-refractivity contribution < 1.29 is 13.9 Å². The molecule has 1 N–H and O–H groups in total. The van der Waals surface area contributed by atoms with Gasteiger partial charge in [-0.15, -0.1) is 22.0 Å². The van der Waals surface area contributed by atoms with Crippen molar-refractivity contribution in [3.05, 3.63) is 84.4 Å². The highest BCUT2D eigenvalue weighted by Crippen LogP contribution is 2.22. The van der Waals surface area contributed by atoms with Crippen molar-refractivity contribution in [2.45, 2.75) is 11.6 Å². The van der Waals surface area contributed by atoms with E-state index in [1.165, 1.54) is 11.8 Å². The average Bonchev–Trinajstić information content (AvgIpc) is 3.28. The minimum Gasteiger partial charge on any atom is -0.484 e. The zero-order valence-electron chi connectivity index (χ0n) is 16.1. The molecular weight excluding hydrogens is 400 g/mol. The topological polar surface area (TPSA) is 90.1 Å². The van der Waals surface area contributed by atoms with Gasteiger partial charge >= 0.3 is 0 Å². The summed E-state index contributed by atoms with van der Waals surface area (Å²) in [6, 6.07) is 20.1. The third-order valence-corrected chi connectivity index (χ3v) is 4.86. The fourth-order valence-electron chi connectivity index (χ4n) is 2.74. The van der Waals surface area contributed by atoms with E-state index in [0.29, 0.717) is 33.8 Å². The van der Waals surface area contributed by atoms with Crippen LogP contribution in [0.5, 0.6) is 5.75 Å². The summed E-state index contributed by atoms with van der Waals surface area (Å²) in [5.41, 5.74) is 1.99. The first kappa shape index (κ1) is 19.7. The van der Waals surface area contributed by atoms with Crippen LogP contribution in [0.1, 0.15) is 16.2 Å². The molecule has 8 heteroatoms. The Balaban J connectivity index is 1.40. The Morgan fingerprint density at radius 3 is 2.77 bits per heavy atom. The number of carbonyl (C=O) groups excluding carboxylic acids is 1. The Kier molecular flexibility index (Phi) is 6.05. The fraction of sp³-hybridized carbons (Fsp3) is 0.0909. The van der Waals surface area contributed by atoms with Crippen LogP contribution in [0.2, 0.25) is 0 Å². The molecule has 0 bridgehead atoms. The van der Waals surface area contributed by atoms with Gasteiger partial charge in [-0.05, 0) is 42.7 Å². The van der Waals surface area contributed by atoms with E-state index in [-0.39, 0.29) is 12.5 Å². The van der Waals surface area contributed by atoms with Crippen molar-refractivity contribution in [3.8, 4) is 17.2 Å². The zero-order valence-corrected chi connectivity index (χ0v) is 16.9. The lowest BCUT2D eigenvalue weighted by Gasteiger charge is -2.09. The van der Waals surface area contributed by atoms with Gasteiger partial charge in [-0.2, -0.15) is 0 Å². The quantitative estimate of drug-likeness (QED) is 0.436. The molecule has 0 fully saturated rings. The highest BCUT2D eigenvalue weighted by Gasteiger charge is 2.13. The first-order valence-electron chi connectivity index (χ1n) is 9.14. The summed E-state index contributed by atoms with van der Waals surface area (Å²) in [6.45, 7) is 0.121. The molecule has 0 saturated heterocycles. The van der Waals surface area contributed by atoms with Gasteiger partial charge in [-0.3, -0.25) is 4.79 Å². The van der Waals surface area contributed by atoms with E-state index in [1.807, 2.05) is 36.6 Å². The molecule has 2 aromatic heterocycles. The zero-order chi connectivity index (χ0) is 20.8. The van der Waals surface area contributed by atoms with E-state index in [9.17, 15) is 4.79 Å². The number of aromatic nitrogens is 3. The predicted molar refractivity (Wildman–Crippen MR) is 114 cm³/mol. The first-order chi connectivity index (χ1) is 14.7. The Morgan fingerprint density at radius 1 is 1.07 bits per heavy atom. The summed E-state index contributed by atoms with van der Waals surface area (Å²) in [6.07, 6.45) is 3.55. The third-order valence-electron chi connectivity index (χ3n) is 4.15. The predicted octanol–water partition coefficient (Wildman–Crippen LogP) is 4.68. The minimum absolute atomic E-state index is 0.121. The minimum atomic E-state index is -0.228. The molecule has 0 aliphatic rings. The number of thioether (sulfide) groups is 1. The number of carbonyl (C=O) groups is 1. The number of nitrogens with zero attached hydrogens (tertiary/aromatic N) is 3. The molecule has 150 valence electrons. The van der Waals surface area contributed by atoms with Crippen LogP contribution in [0.15, 0.2) is 82.4 Å². The number of benzene rings is 2. The number of ether oxygens (including phenoxy) is 1. The van der Waals surface area contributed by atoms with E-state index < -0.39 is 0 Å². The Morgan fingerprint density at radius 2 is 1.93 bits per heavy atom. The van der Waals surface area contributed by atoms with Crippen molar-refractivity contribution in [2.24, 2.45) is 0 Å². The lowest BCUT2D eigenvalue weighted by atomic mass is 10.2. The molecule has 4 aromatic rings. The second-order valence-electron chi connectivity index (χ2n) is 6.20. The monoisotopic (exact) mass is 418 g/mol. The molecule has 2 aromatic carbocycles. The SMILES string of the molecule is CSc1ncccc1C(=O)Nc1cccc(OCc2nnc(-c3ccccc3)o2)c1. The maximum Gasteiger partial charge on any atom is 0.258 e. The van der Waals surface area contributed by atoms with Gasteiger partial charge in [0.2, 0.25) is 5.89 Å². The molecular formula is C22H18N4O3S. The van der Waals surface area contributed by atoms with Crippen LogP contribution in [0.3, 0.4) is 0 Å². The first-order valence-corrected chi connectivity index (χ1v) is 10.4. The molecule has 4 rings (SSSR count). The summed E-state index contributed by atoms with van der Waals surface area (Å²) in [7, 11) is 0. The largest absolute Gasteiger partial charge is 0.484 e. The molecule has 0 radical (unpaired) electrons. The van der Waals surface area contributed by atoms with Crippen LogP contribution < -0.4 is 10.1 Å². The van der Waals surface area contributed by atoms with Gasteiger partial charge in [0.25, 0.3) is 11.8 Å². The van der Waals surface area contributed by atoms with Crippen molar-refractivity contribution in [1.82, 2.24) is 15.2 Å². The van der Waals surface area contributed by atoms with Gasteiger partial charge < -0.3 is 14.5 Å². The summed E-state index contributed by atoms with van der Waals surface area (Å²) < 4.78 is 11.4. The molecule has 7 nitrogen and oxygen atoms in total. The smallest absolute Gasteiger partial charge is 0.258 e. The van der Waals surface area contributed by atoms with Crippen LogP contribution in [-0.4, -0.2) is 27.3 Å². The molecule has 0 unspecified atom stereocenters. The lowest BCUT2D eigenvalue weighted by molar-refractivity contribution is 0.102. The van der Waals surface area contributed by atoms with Crippen molar-refractivity contribution in [2.75, 3.05) is 11.6 Å². The standard InChI is InChI=1S/C22H18N4O3S/c1-30-22-18(11-6-12-23-22)20(27)24-16-9-5-10-17(13-16)28-14-19-25-26-21(29-19)15-7-3-2-4-8-15/h2-13H,14H2,1H3,(H,24,27). The highest BCUT2D eigenvalue weighted by atomic mass is 32.2. The summed E-state index contributed by atoms with van der Waals surface area (Å²) >= 11 is 1.42. The molecule has 0 aliphatic heterocycles. The number of nitrogens with one attached hydrogen (secondary N) is 1. The van der Waals surface area contributed by atoms with Crippen LogP contribution in [0.4, 0.5) is 5.69 Å². The summed E-state index contributed by atoms with van der Waals surface area (Å²) in [5.74, 6) is 1.15. The summed E-state index contributed by atoms with van der Waals surface area (Å²) in [5, 5.41) is 11.6. The molecule has 0 saturated carbocycles. The second-order valence-corrected chi connectivity index (χ2v) is 6.99. The maximum atomic E-state index is 12.6. The van der Waals surface area contributed by atoms with E-state index >= 15 is 0 Å². The van der Waals surface area contributed by atoms with E-state index in [0.717, 1.165) is 5.56 Å². The van der Waals surface area contributed by atoms with Gasteiger partial charge in [0.1, 0.15) is 10.8 Å². The van der Waals surface area contributed by atoms with Gasteiger partial charge in [0.05, 0.1) is 5.56 Å². The maximum absolute atomic E-state index is 12.6. The molecule has 2 heterocycles. The van der Waals surface area contributed by atoms with Crippen molar-refractivity contribution in [1.29, 1.82) is 0 Å². The highest BCUT2D eigenvalue weighted by molar-refractivity contribution is 7.98. The third kappa shape index (κ3) is 4.66. The number of hydrogen-bond donors (Lipinski definition) is 1.